The molecule has 3 heterocycles. The fourth-order valence-electron chi connectivity index (χ4n) is 4.79. The summed E-state index contributed by atoms with van der Waals surface area (Å²) in [5, 5.41) is 12.5. The number of alkyl halides is 3. The molecule has 1 aromatic heterocycles. The van der Waals surface area contributed by atoms with E-state index in [1.54, 1.807) is 18.2 Å². The molecule has 1 aromatic carbocycles. The zero-order chi connectivity index (χ0) is 26.8. The maximum absolute atomic E-state index is 14.8. The molecule has 0 bridgehead atoms. The number of ketones is 1. The number of rotatable bonds is 8. The number of piperidine rings is 1. The number of Topliss-reactive ketones (excluding diaryl/α,β-unsaturated/α-hetero) is 1. The summed E-state index contributed by atoms with van der Waals surface area (Å²) in [5.41, 5.74) is -0.841. The Hall–Kier alpha value is -2.56. The van der Waals surface area contributed by atoms with Crippen LogP contribution < -0.4 is 10.1 Å². The number of aromatic nitrogens is 1. The first-order valence-corrected chi connectivity index (χ1v) is 12.6. The van der Waals surface area contributed by atoms with Crippen LogP contribution in [0, 0.1) is 17.2 Å². The lowest BCUT2D eigenvalue weighted by atomic mass is 9.89. The van der Waals surface area contributed by atoms with Gasteiger partial charge < -0.3 is 20.1 Å². The third-order valence-corrected chi connectivity index (χ3v) is 7.27. The Bertz CT molecular complexity index is 1080. The summed E-state index contributed by atoms with van der Waals surface area (Å²) in [7, 11) is 0. The average Bonchev–Trinajstić information content (AvgIpc) is 3.29. The first-order valence-electron chi connectivity index (χ1n) is 12.6. The zero-order valence-corrected chi connectivity index (χ0v) is 21.0. The fourth-order valence-corrected chi connectivity index (χ4v) is 4.79. The third-order valence-electron chi connectivity index (χ3n) is 7.27. The van der Waals surface area contributed by atoms with Crippen molar-refractivity contribution in [1.29, 1.82) is 0 Å². The van der Waals surface area contributed by atoms with Crippen LogP contribution in [0.5, 0.6) is 5.75 Å². The van der Waals surface area contributed by atoms with Crippen LogP contribution in [0.2, 0.25) is 0 Å². The smallest absolute Gasteiger partial charge is 0.395 e. The van der Waals surface area contributed by atoms with E-state index in [0.29, 0.717) is 44.1 Å². The highest BCUT2D eigenvalue weighted by Crippen LogP contribution is 2.38. The topological polar surface area (TPSA) is 74.7 Å². The molecule has 0 unspecified atom stereocenters. The highest BCUT2D eigenvalue weighted by Gasteiger charge is 2.48. The van der Waals surface area contributed by atoms with Crippen LogP contribution in [0.4, 0.5) is 17.6 Å². The Morgan fingerprint density at radius 2 is 1.92 bits per heavy atom. The Labute approximate surface area is 214 Å². The number of hydrogen-bond acceptors (Lipinski definition) is 6. The van der Waals surface area contributed by atoms with Crippen LogP contribution in [-0.2, 0) is 0 Å². The Morgan fingerprint density at radius 3 is 2.49 bits per heavy atom. The number of carbonyl (C=O) groups excluding carboxylic acids is 1. The van der Waals surface area contributed by atoms with Crippen LogP contribution in [0.1, 0.15) is 43.5 Å². The predicted molar refractivity (Wildman–Crippen MR) is 131 cm³/mol. The lowest BCUT2D eigenvalue weighted by Gasteiger charge is -2.38. The molecule has 2 N–H and O–H groups in total. The van der Waals surface area contributed by atoms with E-state index in [1.807, 2.05) is 4.90 Å². The molecule has 2 aliphatic heterocycles. The van der Waals surface area contributed by atoms with Crippen LogP contribution in [0.3, 0.4) is 0 Å². The summed E-state index contributed by atoms with van der Waals surface area (Å²) >= 11 is 0. The Morgan fingerprint density at radius 1 is 1.19 bits per heavy atom. The van der Waals surface area contributed by atoms with Gasteiger partial charge in [-0.3, -0.25) is 9.78 Å². The van der Waals surface area contributed by atoms with Gasteiger partial charge in [0, 0.05) is 24.2 Å². The van der Waals surface area contributed by atoms with Crippen LogP contribution in [0.15, 0.2) is 36.5 Å². The van der Waals surface area contributed by atoms with Gasteiger partial charge in [-0.1, -0.05) is 6.07 Å². The van der Waals surface area contributed by atoms with Crippen molar-refractivity contribution in [3.63, 3.8) is 0 Å². The van der Waals surface area contributed by atoms with Gasteiger partial charge in [0.1, 0.15) is 11.6 Å². The third kappa shape index (κ3) is 6.66. The molecule has 10 heteroatoms. The molecule has 2 aliphatic rings. The van der Waals surface area contributed by atoms with Crippen molar-refractivity contribution in [2.45, 2.75) is 51.4 Å². The minimum Gasteiger partial charge on any atom is -0.492 e. The van der Waals surface area contributed by atoms with Gasteiger partial charge in [-0.2, -0.15) is 13.2 Å². The van der Waals surface area contributed by atoms with E-state index < -0.39 is 29.6 Å². The summed E-state index contributed by atoms with van der Waals surface area (Å²) in [6.45, 7) is 4.43. The predicted octanol–water partition coefficient (Wildman–Crippen LogP) is 4.47. The van der Waals surface area contributed by atoms with Crippen LogP contribution in [0.25, 0.3) is 11.3 Å². The van der Waals surface area contributed by atoms with Crippen molar-refractivity contribution in [2.75, 3.05) is 32.8 Å². The number of aliphatic hydroxyl groups excluding tert-OH is 1. The van der Waals surface area contributed by atoms with Gasteiger partial charge in [0.25, 0.3) is 0 Å². The number of β-amino-alcohol motifs (C(OH)–C–C–N with tert-alkyl or cyclic N) is 1. The minimum atomic E-state index is -4.23. The van der Waals surface area contributed by atoms with Crippen molar-refractivity contribution in [2.24, 2.45) is 11.3 Å². The monoisotopic (exact) mass is 523 g/mol. The molecule has 4 rings (SSSR count). The van der Waals surface area contributed by atoms with Crippen molar-refractivity contribution in [3.8, 4) is 17.0 Å². The average molecular weight is 524 g/mol. The largest absolute Gasteiger partial charge is 0.492 e. The summed E-state index contributed by atoms with van der Waals surface area (Å²) in [5.74, 6) is -0.0509. The fraction of sp³-hybridized carbons (Fsp3) is 0.556. The molecule has 6 nitrogen and oxygen atoms in total. The number of halogens is 4. The number of hydrogen-bond donors (Lipinski definition) is 2. The van der Waals surface area contributed by atoms with Gasteiger partial charge in [-0.25, -0.2) is 4.39 Å². The SMILES string of the molecule is CC(C)(CN1CCC(COc2ccc(-c3ccc(C(=O)[C@@H]4C[C@@H](O)CN4)cc3F)nc2)CC1)C(F)(F)F. The van der Waals surface area contributed by atoms with Gasteiger partial charge in [-0.15, -0.1) is 0 Å². The highest BCUT2D eigenvalue weighted by atomic mass is 19.4. The molecule has 2 aromatic rings. The van der Waals surface area contributed by atoms with Gasteiger partial charge >= 0.3 is 6.18 Å². The summed E-state index contributed by atoms with van der Waals surface area (Å²) in [6, 6.07) is 7.09. The number of nitrogens with zero attached hydrogens (tertiary/aromatic N) is 2. The quantitative estimate of drug-likeness (QED) is 0.393. The highest BCUT2D eigenvalue weighted by molar-refractivity contribution is 6.00. The number of pyridine rings is 1. The number of ether oxygens (including phenoxy) is 1. The molecular formula is C27H33F4N3O3. The maximum atomic E-state index is 14.8. The van der Waals surface area contributed by atoms with E-state index in [0.717, 1.165) is 12.8 Å². The molecule has 202 valence electrons. The van der Waals surface area contributed by atoms with Gasteiger partial charge in [-0.05, 0) is 76.4 Å². The molecule has 0 radical (unpaired) electrons. The number of carbonyl (C=O) groups is 1. The van der Waals surface area contributed by atoms with Crippen LogP contribution >= 0.6 is 0 Å². The second kappa shape index (κ2) is 11.0. The molecular weight excluding hydrogens is 490 g/mol. The number of benzene rings is 1. The number of likely N-dealkylation sites (tertiary alicyclic amines) is 1. The first-order chi connectivity index (χ1) is 17.4. The van der Waals surface area contributed by atoms with Crippen molar-refractivity contribution < 1.29 is 32.2 Å². The van der Waals surface area contributed by atoms with Crippen molar-refractivity contribution >= 4 is 5.78 Å². The molecule has 2 atom stereocenters. The second-order valence-electron chi connectivity index (χ2n) is 10.7. The van der Waals surface area contributed by atoms with E-state index in [9.17, 15) is 27.5 Å². The van der Waals surface area contributed by atoms with E-state index in [2.05, 4.69) is 10.3 Å². The molecule has 2 fully saturated rings. The van der Waals surface area contributed by atoms with E-state index >= 15 is 0 Å². The lowest BCUT2D eigenvalue weighted by molar-refractivity contribution is -0.217. The first kappa shape index (κ1) is 27.5. The lowest BCUT2D eigenvalue weighted by Crippen LogP contribution is -2.46. The second-order valence-corrected chi connectivity index (χ2v) is 10.7. The molecule has 37 heavy (non-hydrogen) atoms. The van der Waals surface area contributed by atoms with Gasteiger partial charge in [0.15, 0.2) is 5.78 Å². The summed E-state index contributed by atoms with van der Waals surface area (Å²) < 4.78 is 60.1. The summed E-state index contributed by atoms with van der Waals surface area (Å²) in [4.78, 5) is 18.7. The van der Waals surface area contributed by atoms with E-state index in [-0.39, 0.29) is 29.4 Å². The Kier molecular flexibility index (Phi) is 8.20. The van der Waals surface area contributed by atoms with Gasteiger partial charge in [0.05, 0.1) is 36.1 Å². The molecule has 0 aliphatic carbocycles. The number of aliphatic hydroxyl groups is 1. The normalized spacial score (nSPS) is 21.8. The van der Waals surface area contributed by atoms with E-state index in [4.69, 9.17) is 4.74 Å². The maximum Gasteiger partial charge on any atom is 0.395 e. The van der Waals surface area contributed by atoms with Crippen molar-refractivity contribution in [1.82, 2.24) is 15.2 Å². The van der Waals surface area contributed by atoms with Crippen molar-refractivity contribution in [3.05, 3.63) is 47.9 Å². The number of nitrogens with one attached hydrogen (secondary N) is 1. The molecule has 0 amide bonds. The molecule has 2 saturated heterocycles. The molecule has 0 saturated carbocycles. The standard InChI is InChI=1S/C27H33F4N3O3/c1-26(2,27(29,30)31)16-34-9-7-17(8-10-34)15-37-20-4-6-23(33-14-20)21-5-3-18(11-22(21)28)25(36)24-12-19(35)13-32-24/h3-6,11,14,17,19,24,32,35H,7-10,12-13,15-16H2,1-2H3/t19-,24+/m1/s1. The van der Waals surface area contributed by atoms with Crippen LogP contribution in [-0.4, -0.2) is 71.9 Å². The van der Waals surface area contributed by atoms with E-state index in [1.165, 1.54) is 32.2 Å². The zero-order valence-electron chi connectivity index (χ0n) is 21.0. The minimum absolute atomic E-state index is 0.0121. The molecule has 0 spiro atoms. The summed E-state index contributed by atoms with van der Waals surface area (Å²) in [6.07, 6.45) is -1.48. The van der Waals surface area contributed by atoms with Gasteiger partial charge in [0.2, 0.25) is 0 Å². The Balaban J connectivity index is 1.27.